The standard InChI is InChI=1S/C14H21N3O2S/c1-10-5-8-20-11(10)9-16(4)6-7-17-12(18)14(2,3)15-13(17)19/h5,8H,6-7,9H2,1-4H3,(H,15,19). The van der Waals surface area contributed by atoms with Crippen LogP contribution in [0.1, 0.15) is 24.3 Å². The molecule has 1 aromatic rings. The molecule has 0 aliphatic carbocycles. The molecule has 0 atom stereocenters. The summed E-state index contributed by atoms with van der Waals surface area (Å²) in [7, 11) is 2.00. The van der Waals surface area contributed by atoms with Gasteiger partial charge >= 0.3 is 6.03 Å². The molecule has 5 nitrogen and oxygen atoms in total. The Labute approximate surface area is 123 Å². The average Bonchev–Trinajstić information content (AvgIpc) is 2.81. The van der Waals surface area contributed by atoms with Crippen LogP contribution in [0.3, 0.4) is 0 Å². The number of hydrogen-bond donors (Lipinski definition) is 1. The Morgan fingerprint density at radius 2 is 2.10 bits per heavy atom. The summed E-state index contributed by atoms with van der Waals surface area (Å²) in [6.45, 7) is 7.50. The quantitative estimate of drug-likeness (QED) is 0.843. The summed E-state index contributed by atoms with van der Waals surface area (Å²) in [6, 6.07) is 1.81. The zero-order chi connectivity index (χ0) is 14.9. The third-order valence-corrected chi connectivity index (χ3v) is 4.54. The van der Waals surface area contributed by atoms with Gasteiger partial charge in [0.25, 0.3) is 5.91 Å². The fourth-order valence-electron chi connectivity index (χ4n) is 2.18. The van der Waals surface area contributed by atoms with Crippen molar-refractivity contribution in [3.05, 3.63) is 21.9 Å². The molecule has 1 aliphatic rings. The van der Waals surface area contributed by atoms with Crippen molar-refractivity contribution in [2.24, 2.45) is 0 Å². The lowest BCUT2D eigenvalue weighted by molar-refractivity contribution is -0.130. The fourth-order valence-corrected chi connectivity index (χ4v) is 3.17. The van der Waals surface area contributed by atoms with Crippen molar-refractivity contribution in [1.29, 1.82) is 0 Å². The minimum atomic E-state index is -0.778. The summed E-state index contributed by atoms with van der Waals surface area (Å²) >= 11 is 1.74. The highest BCUT2D eigenvalue weighted by Gasteiger charge is 2.43. The van der Waals surface area contributed by atoms with E-state index in [1.54, 1.807) is 25.2 Å². The summed E-state index contributed by atoms with van der Waals surface area (Å²) in [5.74, 6) is -0.150. The van der Waals surface area contributed by atoms with Gasteiger partial charge in [-0.3, -0.25) is 14.6 Å². The molecule has 2 heterocycles. The summed E-state index contributed by atoms with van der Waals surface area (Å²) in [5.41, 5.74) is 0.512. The SMILES string of the molecule is Cc1ccsc1CN(C)CCN1C(=O)NC(C)(C)C1=O. The fraction of sp³-hybridized carbons (Fsp3) is 0.571. The molecule has 0 bridgehead atoms. The van der Waals surface area contributed by atoms with Crippen LogP contribution in [-0.4, -0.2) is 47.4 Å². The summed E-state index contributed by atoms with van der Waals surface area (Å²) in [4.78, 5) is 28.6. The highest BCUT2D eigenvalue weighted by molar-refractivity contribution is 7.10. The van der Waals surface area contributed by atoms with Gasteiger partial charge in [0, 0.05) is 24.5 Å². The Balaban J connectivity index is 1.88. The van der Waals surface area contributed by atoms with Crippen molar-refractivity contribution in [1.82, 2.24) is 15.1 Å². The Hall–Kier alpha value is -1.40. The maximum absolute atomic E-state index is 12.0. The largest absolute Gasteiger partial charge is 0.325 e. The van der Waals surface area contributed by atoms with E-state index in [9.17, 15) is 9.59 Å². The Morgan fingerprint density at radius 3 is 2.60 bits per heavy atom. The molecule has 0 saturated carbocycles. The van der Waals surface area contributed by atoms with E-state index in [-0.39, 0.29) is 11.9 Å². The molecule has 0 spiro atoms. The number of thiophene rings is 1. The molecular weight excluding hydrogens is 274 g/mol. The van der Waals surface area contributed by atoms with E-state index in [0.29, 0.717) is 13.1 Å². The molecule has 1 aromatic heterocycles. The second-order valence-corrected chi connectivity index (χ2v) is 6.78. The highest BCUT2D eigenvalue weighted by atomic mass is 32.1. The molecule has 1 aliphatic heterocycles. The predicted octanol–water partition coefficient (Wildman–Crippen LogP) is 1.82. The first-order chi connectivity index (χ1) is 9.31. The number of urea groups is 1. The van der Waals surface area contributed by atoms with Gasteiger partial charge in [-0.1, -0.05) is 0 Å². The molecule has 1 saturated heterocycles. The first-order valence-corrected chi connectivity index (χ1v) is 7.55. The second-order valence-electron chi connectivity index (χ2n) is 5.78. The molecule has 0 aromatic carbocycles. The molecule has 6 heteroatoms. The van der Waals surface area contributed by atoms with E-state index in [0.717, 1.165) is 6.54 Å². The number of nitrogens with zero attached hydrogens (tertiary/aromatic N) is 2. The molecular formula is C14H21N3O2S. The van der Waals surface area contributed by atoms with Crippen LogP contribution in [-0.2, 0) is 11.3 Å². The van der Waals surface area contributed by atoms with E-state index in [4.69, 9.17) is 0 Å². The van der Waals surface area contributed by atoms with E-state index < -0.39 is 5.54 Å². The van der Waals surface area contributed by atoms with Crippen molar-refractivity contribution >= 4 is 23.3 Å². The lowest BCUT2D eigenvalue weighted by atomic mass is 10.1. The van der Waals surface area contributed by atoms with Gasteiger partial charge < -0.3 is 5.32 Å². The highest BCUT2D eigenvalue weighted by Crippen LogP contribution is 2.18. The van der Waals surface area contributed by atoms with E-state index in [1.165, 1.54) is 15.3 Å². The number of aryl methyl sites for hydroxylation is 1. The monoisotopic (exact) mass is 295 g/mol. The normalized spacial score (nSPS) is 17.9. The van der Waals surface area contributed by atoms with Gasteiger partial charge in [0.2, 0.25) is 0 Å². The second kappa shape index (κ2) is 5.54. The van der Waals surface area contributed by atoms with Crippen LogP contribution < -0.4 is 5.32 Å². The number of nitrogens with one attached hydrogen (secondary N) is 1. The van der Waals surface area contributed by atoms with Crippen LogP contribution in [0, 0.1) is 6.92 Å². The number of amides is 3. The lowest BCUT2D eigenvalue weighted by Crippen LogP contribution is -2.41. The Morgan fingerprint density at radius 1 is 1.40 bits per heavy atom. The first-order valence-electron chi connectivity index (χ1n) is 6.67. The zero-order valence-corrected chi connectivity index (χ0v) is 13.2. The summed E-state index contributed by atoms with van der Waals surface area (Å²) in [6.07, 6.45) is 0. The van der Waals surface area contributed by atoms with E-state index >= 15 is 0 Å². The van der Waals surface area contributed by atoms with E-state index in [1.807, 2.05) is 7.05 Å². The third kappa shape index (κ3) is 3.02. The summed E-state index contributed by atoms with van der Waals surface area (Å²) in [5, 5.41) is 4.77. The third-order valence-electron chi connectivity index (χ3n) is 3.53. The average molecular weight is 295 g/mol. The predicted molar refractivity (Wildman–Crippen MR) is 79.7 cm³/mol. The number of imide groups is 1. The van der Waals surface area contributed by atoms with Gasteiger partial charge in [-0.15, -0.1) is 11.3 Å². The molecule has 1 N–H and O–H groups in total. The molecule has 0 radical (unpaired) electrons. The van der Waals surface area contributed by atoms with Crippen LogP contribution in [0.5, 0.6) is 0 Å². The number of carbonyl (C=O) groups excluding carboxylic acids is 2. The van der Waals surface area contributed by atoms with Crippen molar-refractivity contribution in [3.63, 3.8) is 0 Å². The first kappa shape index (κ1) is 15.0. The van der Waals surface area contributed by atoms with Crippen LogP contribution in [0.4, 0.5) is 4.79 Å². The minimum Gasteiger partial charge on any atom is -0.324 e. The lowest BCUT2D eigenvalue weighted by Gasteiger charge is -2.20. The Kier molecular flexibility index (Phi) is 4.15. The molecule has 20 heavy (non-hydrogen) atoms. The van der Waals surface area contributed by atoms with Crippen molar-refractivity contribution in [2.45, 2.75) is 32.9 Å². The van der Waals surface area contributed by atoms with Gasteiger partial charge in [0.05, 0.1) is 0 Å². The zero-order valence-electron chi connectivity index (χ0n) is 12.4. The van der Waals surface area contributed by atoms with Crippen molar-refractivity contribution in [2.75, 3.05) is 20.1 Å². The molecule has 110 valence electrons. The van der Waals surface area contributed by atoms with Gasteiger partial charge in [0.1, 0.15) is 5.54 Å². The molecule has 2 rings (SSSR count). The number of rotatable bonds is 5. The molecule has 3 amide bonds. The smallest absolute Gasteiger partial charge is 0.324 e. The van der Waals surface area contributed by atoms with Crippen molar-refractivity contribution < 1.29 is 9.59 Å². The van der Waals surface area contributed by atoms with Gasteiger partial charge in [-0.25, -0.2) is 4.79 Å². The molecule has 1 fully saturated rings. The molecule has 0 unspecified atom stereocenters. The Bertz CT molecular complexity index is 524. The van der Waals surface area contributed by atoms with Gasteiger partial charge in [-0.05, 0) is 44.8 Å². The van der Waals surface area contributed by atoms with E-state index in [2.05, 4.69) is 28.6 Å². The minimum absolute atomic E-state index is 0.150. The van der Waals surface area contributed by atoms with Gasteiger partial charge in [0.15, 0.2) is 0 Å². The number of hydrogen-bond acceptors (Lipinski definition) is 4. The van der Waals surface area contributed by atoms with Crippen LogP contribution in [0.2, 0.25) is 0 Å². The topological polar surface area (TPSA) is 52.6 Å². The maximum Gasteiger partial charge on any atom is 0.325 e. The maximum atomic E-state index is 12.0. The van der Waals surface area contributed by atoms with Crippen LogP contribution in [0.25, 0.3) is 0 Å². The summed E-state index contributed by atoms with van der Waals surface area (Å²) < 4.78 is 0. The van der Waals surface area contributed by atoms with Crippen LogP contribution in [0.15, 0.2) is 11.4 Å². The number of likely N-dealkylation sites (N-methyl/N-ethyl adjacent to an activating group) is 1. The van der Waals surface area contributed by atoms with Gasteiger partial charge in [-0.2, -0.15) is 0 Å². The van der Waals surface area contributed by atoms with Crippen molar-refractivity contribution in [3.8, 4) is 0 Å². The number of carbonyl (C=O) groups is 2. The van der Waals surface area contributed by atoms with Crippen LogP contribution >= 0.6 is 11.3 Å².